The minimum atomic E-state index is 0.181. The third-order valence-corrected chi connectivity index (χ3v) is 3.18. The second kappa shape index (κ2) is 6.83. The number of hydrogen-bond donors (Lipinski definition) is 2. The molecule has 0 aromatic heterocycles. The molecule has 3 nitrogen and oxygen atoms in total. The van der Waals surface area contributed by atoms with Crippen molar-refractivity contribution in [1.82, 2.24) is 5.32 Å². The summed E-state index contributed by atoms with van der Waals surface area (Å²) in [6.07, 6.45) is 8.01. The number of rotatable bonds is 6. The maximum absolute atomic E-state index is 11.4. The molecular formula is C12H24N2O. The fourth-order valence-corrected chi connectivity index (χ4v) is 2.16. The van der Waals surface area contributed by atoms with E-state index in [0.717, 1.165) is 25.3 Å². The summed E-state index contributed by atoms with van der Waals surface area (Å²) >= 11 is 0. The molecule has 1 fully saturated rings. The van der Waals surface area contributed by atoms with Gasteiger partial charge >= 0.3 is 0 Å². The van der Waals surface area contributed by atoms with Gasteiger partial charge in [0.2, 0.25) is 5.91 Å². The fourth-order valence-electron chi connectivity index (χ4n) is 2.16. The highest BCUT2D eigenvalue weighted by molar-refractivity contribution is 5.75. The second-order valence-corrected chi connectivity index (χ2v) is 4.81. The van der Waals surface area contributed by atoms with E-state index in [1.165, 1.54) is 25.7 Å². The molecule has 0 spiro atoms. The van der Waals surface area contributed by atoms with Gasteiger partial charge in [0.25, 0.3) is 0 Å². The molecule has 0 radical (unpaired) electrons. The van der Waals surface area contributed by atoms with E-state index in [9.17, 15) is 4.79 Å². The number of nitrogens with one attached hydrogen (secondary N) is 1. The van der Waals surface area contributed by atoms with Gasteiger partial charge in [-0.15, -0.1) is 0 Å². The Morgan fingerprint density at radius 1 is 1.47 bits per heavy atom. The molecule has 1 aliphatic rings. The van der Waals surface area contributed by atoms with Crippen molar-refractivity contribution in [3.63, 3.8) is 0 Å². The Morgan fingerprint density at radius 2 is 2.13 bits per heavy atom. The molecule has 0 aromatic rings. The van der Waals surface area contributed by atoms with Crippen LogP contribution < -0.4 is 11.1 Å². The Morgan fingerprint density at radius 3 is 2.73 bits per heavy atom. The van der Waals surface area contributed by atoms with Crippen LogP contribution in [-0.2, 0) is 4.79 Å². The van der Waals surface area contributed by atoms with E-state index in [4.69, 9.17) is 5.73 Å². The van der Waals surface area contributed by atoms with Crippen molar-refractivity contribution >= 4 is 5.91 Å². The van der Waals surface area contributed by atoms with Crippen molar-refractivity contribution in [2.24, 2.45) is 11.7 Å². The summed E-state index contributed by atoms with van der Waals surface area (Å²) in [7, 11) is 0. The van der Waals surface area contributed by atoms with Crippen LogP contribution in [0.5, 0.6) is 0 Å². The predicted molar refractivity (Wildman–Crippen MR) is 62.5 cm³/mol. The Balaban J connectivity index is 1.98. The van der Waals surface area contributed by atoms with Crippen molar-refractivity contribution in [3.8, 4) is 0 Å². The SMILES string of the molecule is CC(N)CCNC(=O)CCC1CCCC1. The molecule has 0 heterocycles. The summed E-state index contributed by atoms with van der Waals surface area (Å²) in [5, 5.41) is 2.92. The molecule has 0 saturated heterocycles. The molecule has 0 bridgehead atoms. The third kappa shape index (κ3) is 5.78. The van der Waals surface area contributed by atoms with E-state index in [2.05, 4.69) is 5.32 Å². The lowest BCUT2D eigenvalue weighted by Gasteiger charge is -2.09. The number of amides is 1. The highest BCUT2D eigenvalue weighted by Crippen LogP contribution is 2.28. The first-order chi connectivity index (χ1) is 7.18. The van der Waals surface area contributed by atoms with E-state index in [-0.39, 0.29) is 11.9 Å². The van der Waals surface area contributed by atoms with Crippen LogP contribution in [0.25, 0.3) is 0 Å². The second-order valence-electron chi connectivity index (χ2n) is 4.81. The van der Waals surface area contributed by atoms with Crippen LogP contribution in [0, 0.1) is 5.92 Å². The number of nitrogens with two attached hydrogens (primary N) is 1. The van der Waals surface area contributed by atoms with Gasteiger partial charge in [-0.3, -0.25) is 4.79 Å². The molecule has 3 N–H and O–H groups in total. The summed E-state index contributed by atoms with van der Waals surface area (Å²) in [6, 6.07) is 0.181. The van der Waals surface area contributed by atoms with Crippen LogP contribution in [-0.4, -0.2) is 18.5 Å². The van der Waals surface area contributed by atoms with Crippen molar-refractivity contribution in [3.05, 3.63) is 0 Å². The van der Waals surface area contributed by atoms with E-state index < -0.39 is 0 Å². The van der Waals surface area contributed by atoms with Gasteiger partial charge in [-0.2, -0.15) is 0 Å². The van der Waals surface area contributed by atoms with Crippen LogP contribution in [0.1, 0.15) is 51.9 Å². The lowest BCUT2D eigenvalue weighted by molar-refractivity contribution is -0.121. The molecular weight excluding hydrogens is 188 g/mol. The predicted octanol–water partition coefficient (Wildman–Crippen LogP) is 1.81. The first-order valence-corrected chi connectivity index (χ1v) is 6.20. The van der Waals surface area contributed by atoms with E-state index in [1.807, 2.05) is 6.92 Å². The molecule has 1 saturated carbocycles. The van der Waals surface area contributed by atoms with Crippen LogP contribution in [0.3, 0.4) is 0 Å². The highest BCUT2D eigenvalue weighted by atomic mass is 16.1. The van der Waals surface area contributed by atoms with Crippen molar-refractivity contribution < 1.29 is 4.79 Å². The average Bonchev–Trinajstić information content (AvgIpc) is 2.66. The van der Waals surface area contributed by atoms with Crippen molar-refractivity contribution in [2.75, 3.05) is 6.54 Å². The standard InChI is InChI=1S/C12H24N2O/c1-10(13)8-9-14-12(15)7-6-11-4-2-3-5-11/h10-11H,2-9,13H2,1H3,(H,14,15). The van der Waals surface area contributed by atoms with E-state index in [0.29, 0.717) is 6.42 Å². The zero-order valence-corrected chi connectivity index (χ0v) is 9.80. The van der Waals surface area contributed by atoms with Gasteiger partial charge in [-0.1, -0.05) is 25.7 Å². The number of carbonyl (C=O) groups excluding carboxylic acids is 1. The van der Waals surface area contributed by atoms with Gasteiger partial charge in [0.05, 0.1) is 0 Å². The zero-order valence-electron chi connectivity index (χ0n) is 9.80. The molecule has 0 aromatic carbocycles. The molecule has 1 atom stereocenters. The van der Waals surface area contributed by atoms with Gasteiger partial charge in [-0.05, 0) is 25.7 Å². The van der Waals surface area contributed by atoms with Gasteiger partial charge < -0.3 is 11.1 Å². The van der Waals surface area contributed by atoms with E-state index >= 15 is 0 Å². The maximum atomic E-state index is 11.4. The lowest BCUT2D eigenvalue weighted by atomic mass is 10.0. The van der Waals surface area contributed by atoms with Gasteiger partial charge in [0.1, 0.15) is 0 Å². The topological polar surface area (TPSA) is 55.1 Å². The van der Waals surface area contributed by atoms with Crippen LogP contribution in [0.4, 0.5) is 0 Å². The molecule has 3 heteroatoms. The third-order valence-electron chi connectivity index (χ3n) is 3.18. The summed E-state index contributed by atoms with van der Waals surface area (Å²) in [6.45, 7) is 2.69. The quantitative estimate of drug-likeness (QED) is 0.705. The molecule has 1 unspecified atom stereocenters. The Bertz CT molecular complexity index is 186. The smallest absolute Gasteiger partial charge is 0.220 e. The average molecular weight is 212 g/mol. The molecule has 88 valence electrons. The fraction of sp³-hybridized carbons (Fsp3) is 0.917. The first-order valence-electron chi connectivity index (χ1n) is 6.20. The highest BCUT2D eigenvalue weighted by Gasteiger charge is 2.15. The monoisotopic (exact) mass is 212 g/mol. The minimum Gasteiger partial charge on any atom is -0.356 e. The van der Waals surface area contributed by atoms with Crippen molar-refractivity contribution in [1.29, 1.82) is 0 Å². The summed E-state index contributed by atoms with van der Waals surface area (Å²) in [5.74, 6) is 1.01. The molecule has 1 rings (SSSR count). The largest absolute Gasteiger partial charge is 0.356 e. The molecule has 15 heavy (non-hydrogen) atoms. The van der Waals surface area contributed by atoms with Crippen LogP contribution >= 0.6 is 0 Å². The van der Waals surface area contributed by atoms with Crippen molar-refractivity contribution in [2.45, 2.75) is 57.9 Å². The first kappa shape index (κ1) is 12.5. The molecule has 0 aliphatic heterocycles. The van der Waals surface area contributed by atoms with Gasteiger partial charge in [0, 0.05) is 19.0 Å². The summed E-state index contributed by atoms with van der Waals surface area (Å²) in [4.78, 5) is 11.4. The van der Waals surface area contributed by atoms with Gasteiger partial charge in [-0.25, -0.2) is 0 Å². The van der Waals surface area contributed by atoms with Crippen LogP contribution in [0.2, 0.25) is 0 Å². The summed E-state index contributed by atoms with van der Waals surface area (Å²) < 4.78 is 0. The number of carbonyl (C=O) groups is 1. The summed E-state index contributed by atoms with van der Waals surface area (Å²) in [5.41, 5.74) is 5.60. The lowest BCUT2D eigenvalue weighted by Crippen LogP contribution is -2.29. The number of hydrogen-bond acceptors (Lipinski definition) is 2. The minimum absolute atomic E-state index is 0.181. The molecule has 1 amide bonds. The Labute approximate surface area is 92.8 Å². The normalized spacial score (nSPS) is 19.1. The van der Waals surface area contributed by atoms with Gasteiger partial charge in [0.15, 0.2) is 0 Å². The molecule has 1 aliphatic carbocycles. The Kier molecular flexibility index (Phi) is 5.69. The van der Waals surface area contributed by atoms with E-state index in [1.54, 1.807) is 0 Å². The maximum Gasteiger partial charge on any atom is 0.220 e. The Hall–Kier alpha value is -0.570. The zero-order chi connectivity index (χ0) is 11.1. The van der Waals surface area contributed by atoms with Crippen LogP contribution in [0.15, 0.2) is 0 Å².